The topological polar surface area (TPSA) is 47.0 Å². The molecule has 0 spiro atoms. The molecule has 1 heterocycles. The molecular formula is C13H17N3O. The van der Waals surface area contributed by atoms with Crippen molar-refractivity contribution in [2.75, 3.05) is 18.5 Å². The number of aromatic nitrogens is 2. The first-order valence-corrected chi connectivity index (χ1v) is 6.02. The first kappa shape index (κ1) is 11.7. The Bertz CT molecular complexity index is 421. The molecule has 4 heteroatoms. The van der Waals surface area contributed by atoms with Crippen LogP contribution in [0.5, 0.6) is 5.88 Å². The average Bonchev–Trinajstić information content (AvgIpc) is 3.13. The van der Waals surface area contributed by atoms with E-state index >= 15 is 0 Å². The van der Waals surface area contributed by atoms with E-state index in [0.717, 1.165) is 18.2 Å². The van der Waals surface area contributed by atoms with Crippen LogP contribution in [-0.2, 0) is 0 Å². The van der Waals surface area contributed by atoms with Crippen LogP contribution in [0.2, 0.25) is 0 Å². The van der Waals surface area contributed by atoms with Gasteiger partial charge in [-0.2, -0.15) is 4.98 Å². The third-order valence-electron chi connectivity index (χ3n) is 2.52. The number of terminal acetylenes is 1. The van der Waals surface area contributed by atoms with Gasteiger partial charge in [0.2, 0.25) is 5.88 Å². The Kier molecular flexibility index (Phi) is 3.81. The molecule has 2 rings (SSSR count). The highest BCUT2D eigenvalue weighted by Crippen LogP contribution is 2.39. The van der Waals surface area contributed by atoms with Gasteiger partial charge in [-0.1, -0.05) is 0 Å². The standard InChI is InChI=1S/C13H17N3O/c1-3-5-8-17-12-9-11(14-4-2)15-13(16-12)10-6-7-10/h1,9-10H,4-8H2,2H3,(H,14,15,16). The van der Waals surface area contributed by atoms with E-state index < -0.39 is 0 Å². The molecule has 1 fully saturated rings. The van der Waals surface area contributed by atoms with Gasteiger partial charge in [0.15, 0.2) is 0 Å². The first-order valence-electron chi connectivity index (χ1n) is 6.02. The van der Waals surface area contributed by atoms with Gasteiger partial charge in [0.1, 0.15) is 18.2 Å². The fourth-order valence-electron chi connectivity index (χ4n) is 1.53. The summed E-state index contributed by atoms with van der Waals surface area (Å²) < 4.78 is 5.52. The molecule has 0 aromatic carbocycles. The number of nitrogens with zero attached hydrogens (tertiary/aromatic N) is 2. The van der Waals surface area contributed by atoms with Crippen molar-refractivity contribution in [1.82, 2.24) is 9.97 Å². The van der Waals surface area contributed by atoms with Crippen LogP contribution < -0.4 is 10.1 Å². The van der Waals surface area contributed by atoms with Gasteiger partial charge in [0, 0.05) is 24.9 Å². The molecule has 1 saturated carbocycles. The maximum atomic E-state index is 5.52. The molecule has 0 aliphatic heterocycles. The fraction of sp³-hybridized carbons (Fsp3) is 0.538. The number of ether oxygens (including phenoxy) is 1. The third kappa shape index (κ3) is 3.35. The molecule has 1 aliphatic rings. The van der Waals surface area contributed by atoms with Gasteiger partial charge in [-0.3, -0.25) is 0 Å². The summed E-state index contributed by atoms with van der Waals surface area (Å²) >= 11 is 0. The van der Waals surface area contributed by atoms with Crippen molar-refractivity contribution in [3.63, 3.8) is 0 Å². The summed E-state index contributed by atoms with van der Waals surface area (Å²) in [6.07, 6.45) is 8.14. The van der Waals surface area contributed by atoms with E-state index in [0.29, 0.717) is 24.8 Å². The fourth-order valence-corrected chi connectivity index (χ4v) is 1.53. The van der Waals surface area contributed by atoms with Crippen LogP contribution in [0, 0.1) is 12.3 Å². The van der Waals surface area contributed by atoms with Gasteiger partial charge in [-0.25, -0.2) is 4.98 Å². The second-order valence-electron chi connectivity index (χ2n) is 4.06. The highest BCUT2D eigenvalue weighted by molar-refractivity contribution is 5.39. The summed E-state index contributed by atoms with van der Waals surface area (Å²) in [5.74, 6) is 5.40. The molecule has 4 nitrogen and oxygen atoms in total. The molecular weight excluding hydrogens is 214 g/mol. The van der Waals surface area contributed by atoms with Crippen LogP contribution in [0.3, 0.4) is 0 Å². The highest BCUT2D eigenvalue weighted by Gasteiger charge is 2.27. The Hall–Kier alpha value is -1.76. The molecule has 17 heavy (non-hydrogen) atoms. The Morgan fingerprint density at radius 2 is 2.35 bits per heavy atom. The van der Waals surface area contributed by atoms with Crippen LogP contribution in [0.15, 0.2) is 6.07 Å². The summed E-state index contributed by atoms with van der Waals surface area (Å²) in [7, 11) is 0. The lowest BCUT2D eigenvalue weighted by Crippen LogP contribution is -2.06. The molecule has 90 valence electrons. The number of rotatable bonds is 6. The van der Waals surface area contributed by atoms with E-state index in [1.54, 1.807) is 0 Å². The van der Waals surface area contributed by atoms with Crippen molar-refractivity contribution in [2.24, 2.45) is 0 Å². The maximum absolute atomic E-state index is 5.52. The number of hydrogen-bond donors (Lipinski definition) is 1. The van der Waals surface area contributed by atoms with Gasteiger partial charge in [0.25, 0.3) is 0 Å². The van der Waals surface area contributed by atoms with Crippen LogP contribution in [-0.4, -0.2) is 23.1 Å². The van der Waals surface area contributed by atoms with Crippen LogP contribution in [0.1, 0.15) is 37.9 Å². The summed E-state index contributed by atoms with van der Waals surface area (Å²) in [4.78, 5) is 8.88. The number of anilines is 1. The Balaban J connectivity index is 2.09. The van der Waals surface area contributed by atoms with Gasteiger partial charge >= 0.3 is 0 Å². The SMILES string of the molecule is C#CCCOc1cc(NCC)nc(C2CC2)n1. The van der Waals surface area contributed by atoms with Crippen molar-refractivity contribution in [2.45, 2.75) is 32.1 Å². The lowest BCUT2D eigenvalue weighted by Gasteiger charge is -2.08. The summed E-state index contributed by atoms with van der Waals surface area (Å²) in [5, 5.41) is 3.19. The second kappa shape index (κ2) is 5.53. The molecule has 1 aromatic heterocycles. The van der Waals surface area contributed by atoms with Gasteiger partial charge < -0.3 is 10.1 Å². The Labute approximate surface area is 102 Å². The van der Waals surface area contributed by atoms with Gasteiger partial charge in [0.05, 0.1) is 0 Å². The van der Waals surface area contributed by atoms with Gasteiger partial charge in [-0.05, 0) is 19.8 Å². The van der Waals surface area contributed by atoms with Crippen LogP contribution in [0.25, 0.3) is 0 Å². The zero-order valence-electron chi connectivity index (χ0n) is 10.1. The predicted molar refractivity (Wildman–Crippen MR) is 67.1 cm³/mol. The van der Waals surface area contributed by atoms with E-state index in [-0.39, 0.29) is 0 Å². The minimum absolute atomic E-state index is 0.503. The molecule has 1 N–H and O–H groups in total. The van der Waals surface area contributed by atoms with Crippen LogP contribution >= 0.6 is 0 Å². The molecule has 0 atom stereocenters. The summed E-state index contributed by atoms with van der Waals surface area (Å²) in [5.41, 5.74) is 0. The third-order valence-corrected chi connectivity index (χ3v) is 2.52. The van der Waals surface area contributed by atoms with Crippen molar-refractivity contribution < 1.29 is 4.74 Å². The van der Waals surface area contributed by atoms with E-state index in [9.17, 15) is 0 Å². The Morgan fingerprint density at radius 1 is 1.53 bits per heavy atom. The molecule has 1 aliphatic carbocycles. The van der Waals surface area contributed by atoms with E-state index in [2.05, 4.69) is 21.2 Å². The summed E-state index contributed by atoms with van der Waals surface area (Å²) in [6.45, 7) is 3.38. The zero-order valence-corrected chi connectivity index (χ0v) is 10.1. The molecule has 0 saturated heterocycles. The quantitative estimate of drug-likeness (QED) is 0.602. The molecule has 0 bridgehead atoms. The lowest BCUT2D eigenvalue weighted by molar-refractivity contribution is 0.313. The van der Waals surface area contributed by atoms with Crippen LogP contribution in [0.4, 0.5) is 5.82 Å². The molecule has 0 amide bonds. The summed E-state index contributed by atoms with van der Waals surface area (Å²) in [6, 6.07) is 1.83. The normalized spacial score (nSPS) is 14.1. The van der Waals surface area contributed by atoms with E-state index in [1.807, 2.05) is 13.0 Å². The molecule has 0 unspecified atom stereocenters. The maximum Gasteiger partial charge on any atom is 0.218 e. The molecule has 1 aromatic rings. The zero-order chi connectivity index (χ0) is 12.1. The highest BCUT2D eigenvalue weighted by atomic mass is 16.5. The second-order valence-corrected chi connectivity index (χ2v) is 4.06. The van der Waals surface area contributed by atoms with E-state index in [4.69, 9.17) is 11.2 Å². The predicted octanol–water partition coefficient (Wildman–Crippen LogP) is 2.19. The average molecular weight is 231 g/mol. The van der Waals surface area contributed by atoms with Crippen molar-refractivity contribution in [3.05, 3.63) is 11.9 Å². The van der Waals surface area contributed by atoms with E-state index in [1.165, 1.54) is 12.8 Å². The van der Waals surface area contributed by atoms with Crippen molar-refractivity contribution in [3.8, 4) is 18.2 Å². The minimum atomic E-state index is 0.503. The molecule has 0 radical (unpaired) electrons. The largest absolute Gasteiger partial charge is 0.477 e. The van der Waals surface area contributed by atoms with Crippen molar-refractivity contribution in [1.29, 1.82) is 0 Å². The Morgan fingerprint density at radius 3 is 3.00 bits per heavy atom. The smallest absolute Gasteiger partial charge is 0.218 e. The number of nitrogens with one attached hydrogen (secondary N) is 1. The minimum Gasteiger partial charge on any atom is -0.477 e. The number of hydrogen-bond acceptors (Lipinski definition) is 4. The van der Waals surface area contributed by atoms with Gasteiger partial charge in [-0.15, -0.1) is 12.3 Å². The first-order chi connectivity index (χ1) is 8.33. The van der Waals surface area contributed by atoms with Crippen molar-refractivity contribution >= 4 is 5.82 Å². The lowest BCUT2D eigenvalue weighted by atomic mass is 10.4. The monoisotopic (exact) mass is 231 g/mol.